The first-order chi connectivity index (χ1) is 13.7. The van der Waals surface area contributed by atoms with Gasteiger partial charge >= 0.3 is 0 Å². The average molecular weight is 372 g/mol. The molecule has 5 nitrogen and oxygen atoms in total. The summed E-state index contributed by atoms with van der Waals surface area (Å²) >= 11 is 0. The summed E-state index contributed by atoms with van der Waals surface area (Å²) in [6.45, 7) is 1.68. The summed E-state index contributed by atoms with van der Waals surface area (Å²) < 4.78 is 7.84. The predicted molar refractivity (Wildman–Crippen MR) is 113 cm³/mol. The van der Waals surface area contributed by atoms with E-state index in [4.69, 9.17) is 4.74 Å². The van der Waals surface area contributed by atoms with E-state index in [0.29, 0.717) is 12.5 Å². The van der Waals surface area contributed by atoms with Crippen molar-refractivity contribution in [2.75, 3.05) is 27.2 Å². The molecule has 0 unspecified atom stereocenters. The number of hydrogen-bond donors (Lipinski definition) is 0. The molecule has 5 heteroatoms. The number of aromatic nitrogens is 3. The molecule has 2 aromatic carbocycles. The zero-order valence-electron chi connectivity index (χ0n) is 16.2. The van der Waals surface area contributed by atoms with Crippen LogP contribution in [0.25, 0.3) is 27.8 Å². The van der Waals surface area contributed by atoms with Gasteiger partial charge < -0.3 is 9.64 Å². The highest BCUT2D eigenvalue weighted by atomic mass is 16.5. The molecule has 4 aromatic rings. The molecule has 0 aliphatic heterocycles. The molecule has 0 spiro atoms. The van der Waals surface area contributed by atoms with Crippen LogP contribution in [0.3, 0.4) is 0 Å². The van der Waals surface area contributed by atoms with E-state index >= 15 is 0 Å². The lowest BCUT2D eigenvalue weighted by Crippen LogP contribution is -2.15. The van der Waals surface area contributed by atoms with Crippen LogP contribution in [0.1, 0.15) is 6.42 Å². The van der Waals surface area contributed by atoms with Gasteiger partial charge in [0.1, 0.15) is 6.33 Å². The summed E-state index contributed by atoms with van der Waals surface area (Å²) in [7, 11) is 4.13. The number of ether oxygens (including phenoxy) is 1. The van der Waals surface area contributed by atoms with Gasteiger partial charge in [-0.2, -0.15) is 0 Å². The van der Waals surface area contributed by atoms with Gasteiger partial charge in [0.2, 0.25) is 5.88 Å². The van der Waals surface area contributed by atoms with E-state index in [2.05, 4.69) is 69.9 Å². The van der Waals surface area contributed by atoms with Crippen LogP contribution in [0.15, 0.2) is 73.2 Å². The Morgan fingerprint density at radius 1 is 0.929 bits per heavy atom. The molecule has 0 radical (unpaired) electrons. The molecule has 142 valence electrons. The molecule has 0 aliphatic rings. The number of para-hydroxylation sites is 1. The molecule has 0 amide bonds. The third-order valence-corrected chi connectivity index (χ3v) is 4.65. The highest BCUT2D eigenvalue weighted by Gasteiger charge is 2.07. The van der Waals surface area contributed by atoms with Gasteiger partial charge in [0.25, 0.3) is 0 Å². The Balaban J connectivity index is 1.54. The molecular weight excluding hydrogens is 348 g/mol. The van der Waals surface area contributed by atoms with Gasteiger partial charge in [-0.3, -0.25) is 4.57 Å². The highest BCUT2D eigenvalue weighted by molar-refractivity contribution is 5.83. The van der Waals surface area contributed by atoms with E-state index in [-0.39, 0.29) is 0 Å². The number of benzene rings is 2. The van der Waals surface area contributed by atoms with E-state index in [1.54, 1.807) is 0 Å². The van der Waals surface area contributed by atoms with Crippen molar-refractivity contribution in [3.8, 4) is 22.7 Å². The summed E-state index contributed by atoms with van der Waals surface area (Å²) in [4.78, 5) is 11.1. The fraction of sp³-hybridized carbons (Fsp3) is 0.217. The summed E-state index contributed by atoms with van der Waals surface area (Å²) in [6.07, 6.45) is 4.72. The smallest absolute Gasteiger partial charge is 0.213 e. The Bertz CT molecular complexity index is 1040. The maximum absolute atomic E-state index is 5.73. The maximum atomic E-state index is 5.73. The van der Waals surface area contributed by atoms with Gasteiger partial charge in [-0.1, -0.05) is 24.3 Å². The first-order valence-corrected chi connectivity index (χ1v) is 9.47. The van der Waals surface area contributed by atoms with E-state index in [9.17, 15) is 0 Å². The zero-order valence-corrected chi connectivity index (χ0v) is 16.2. The molecule has 0 bridgehead atoms. The zero-order chi connectivity index (χ0) is 19.3. The van der Waals surface area contributed by atoms with Crippen molar-refractivity contribution in [1.29, 1.82) is 0 Å². The normalized spacial score (nSPS) is 11.2. The van der Waals surface area contributed by atoms with Crippen molar-refractivity contribution in [3.63, 3.8) is 0 Å². The topological polar surface area (TPSA) is 43.2 Å². The number of nitrogens with zero attached hydrogens (tertiary/aromatic N) is 4. The second-order valence-corrected chi connectivity index (χ2v) is 7.04. The summed E-state index contributed by atoms with van der Waals surface area (Å²) in [6, 6.07) is 20.5. The Morgan fingerprint density at radius 2 is 1.75 bits per heavy atom. The van der Waals surface area contributed by atoms with Crippen molar-refractivity contribution < 1.29 is 4.74 Å². The van der Waals surface area contributed by atoms with Crippen molar-refractivity contribution >= 4 is 11.0 Å². The Labute approximate surface area is 165 Å². The van der Waals surface area contributed by atoms with Gasteiger partial charge in [0, 0.05) is 30.1 Å². The minimum atomic E-state index is 0.665. The van der Waals surface area contributed by atoms with Gasteiger partial charge in [0.05, 0.1) is 17.6 Å². The quantitative estimate of drug-likeness (QED) is 0.451. The number of rotatable bonds is 7. The molecule has 0 saturated carbocycles. The van der Waals surface area contributed by atoms with Gasteiger partial charge in [-0.15, -0.1) is 0 Å². The van der Waals surface area contributed by atoms with Crippen LogP contribution in [0.4, 0.5) is 0 Å². The molecule has 2 heterocycles. The van der Waals surface area contributed by atoms with Crippen LogP contribution in [-0.2, 0) is 0 Å². The number of pyridine rings is 1. The third kappa shape index (κ3) is 4.05. The standard InChI is InChI=1S/C23H24N4O/c1-26(2)13-6-14-28-23-12-10-19(16-24-23)18-9-11-21-22(15-18)27(17-25-21)20-7-4-3-5-8-20/h3-5,7-12,15-17H,6,13-14H2,1-2H3. The molecule has 0 N–H and O–H groups in total. The summed E-state index contributed by atoms with van der Waals surface area (Å²) in [5.41, 5.74) is 5.32. The predicted octanol–water partition coefficient (Wildman–Crippen LogP) is 4.42. The van der Waals surface area contributed by atoms with Crippen molar-refractivity contribution in [3.05, 3.63) is 73.2 Å². The highest BCUT2D eigenvalue weighted by Crippen LogP contribution is 2.26. The van der Waals surface area contributed by atoms with Crippen molar-refractivity contribution in [2.45, 2.75) is 6.42 Å². The monoisotopic (exact) mass is 372 g/mol. The first-order valence-electron chi connectivity index (χ1n) is 9.47. The summed E-state index contributed by atoms with van der Waals surface area (Å²) in [5.74, 6) is 0.665. The van der Waals surface area contributed by atoms with E-state index in [1.807, 2.05) is 36.8 Å². The van der Waals surface area contributed by atoms with E-state index < -0.39 is 0 Å². The van der Waals surface area contributed by atoms with Crippen molar-refractivity contribution in [2.24, 2.45) is 0 Å². The summed E-state index contributed by atoms with van der Waals surface area (Å²) in [5, 5.41) is 0. The van der Waals surface area contributed by atoms with Crippen LogP contribution >= 0.6 is 0 Å². The Morgan fingerprint density at radius 3 is 2.50 bits per heavy atom. The maximum Gasteiger partial charge on any atom is 0.213 e. The van der Waals surface area contributed by atoms with Crippen LogP contribution in [0, 0.1) is 0 Å². The second-order valence-electron chi connectivity index (χ2n) is 7.04. The largest absolute Gasteiger partial charge is 0.478 e. The van der Waals surface area contributed by atoms with Gasteiger partial charge in [0.15, 0.2) is 0 Å². The Hall–Kier alpha value is -3.18. The molecule has 0 fully saturated rings. The average Bonchev–Trinajstić information content (AvgIpc) is 3.15. The molecular formula is C23H24N4O. The Kier molecular flexibility index (Phi) is 5.35. The molecule has 0 saturated heterocycles. The molecule has 0 aliphatic carbocycles. The van der Waals surface area contributed by atoms with Crippen LogP contribution < -0.4 is 4.74 Å². The lowest BCUT2D eigenvalue weighted by atomic mass is 10.1. The molecule has 28 heavy (non-hydrogen) atoms. The van der Waals surface area contributed by atoms with E-state index in [1.165, 1.54) is 0 Å². The number of fused-ring (bicyclic) bond motifs is 1. The second kappa shape index (κ2) is 8.23. The van der Waals surface area contributed by atoms with Gasteiger partial charge in [-0.25, -0.2) is 9.97 Å². The van der Waals surface area contributed by atoms with Crippen LogP contribution in [0.5, 0.6) is 5.88 Å². The number of imidazole rings is 1. The molecule has 0 atom stereocenters. The van der Waals surface area contributed by atoms with Crippen LogP contribution in [0.2, 0.25) is 0 Å². The fourth-order valence-corrected chi connectivity index (χ4v) is 3.18. The van der Waals surface area contributed by atoms with Crippen LogP contribution in [-0.4, -0.2) is 46.7 Å². The molecule has 2 aromatic heterocycles. The van der Waals surface area contributed by atoms with Gasteiger partial charge in [-0.05, 0) is 56.4 Å². The minimum absolute atomic E-state index is 0.665. The number of hydrogen-bond acceptors (Lipinski definition) is 4. The third-order valence-electron chi connectivity index (χ3n) is 4.65. The lowest BCUT2D eigenvalue weighted by Gasteiger charge is -2.10. The minimum Gasteiger partial charge on any atom is -0.478 e. The fourth-order valence-electron chi connectivity index (χ4n) is 3.18. The van der Waals surface area contributed by atoms with E-state index in [0.717, 1.165) is 40.8 Å². The van der Waals surface area contributed by atoms with Crippen molar-refractivity contribution in [1.82, 2.24) is 19.4 Å². The lowest BCUT2D eigenvalue weighted by molar-refractivity contribution is 0.273. The first kappa shape index (κ1) is 18.2. The molecule has 4 rings (SSSR count). The SMILES string of the molecule is CN(C)CCCOc1ccc(-c2ccc3ncn(-c4ccccc4)c3c2)cn1.